The van der Waals surface area contributed by atoms with Crippen molar-refractivity contribution in [3.63, 3.8) is 0 Å². The number of nitrogens with one attached hydrogen (secondary N) is 2. The molecule has 0 spiro atoms. The molecule has 7 nitrogen and oxygen atoms in total. The van der Waals surface area contributed by atoms with Crippen LogP contribution in [0.1, 0.15) is 23.3 Å². The van der Waals surface area contributed by atoms with Crippen molar-refractivity contribution >= 4 is 40.7 Å². The lowest BCUT2D eigenvalue weighted by molar-refractivity contribution is 0.0593. The molecule has 1 aliphatic heterocycles. The number of aromatic amines is 1. The number of benzene rings is 1. The van der Waals surface area contributed by atoms with E-state index >= 15 is 0 Å². The van der Waals surface area contributed by atoms with Crippen molar-refractivity contribution in [2.24, 2.45) is 0 Å². The third-order valence-electron chi connectivity index (χ3n) is 4.50. The first-order valence-corrected chi connectivity index (χ1v) is 10.1. The van der Waals surface area contributed by atoms with Gasteiger partial charge in [-0.3, -0.25) is 9.89 Å². The zero-order valence-electron chi connectivity index (χ0n) is 15.0. The summed E-state index contributed by atoms with van der Waals surface area (Å²) < 4.78 is 5.96. The molecule has 28 heavy (non-hydrogen) atoms. The van der Waals surface area contributed by atoms with Crippen molar-refractivity contribution in [1.82, 2.24) is 20.4 Å². The Labute approximate surface area is 177 Å². The molecule has 2 aromatic rings. The Balaban J connectivity index is 1.38. The maximum Gasteiger partial charge on any atom is 0.273 e. The Bertz CT molecular complexity index is 809. The van der Waals surface area contributed by atoms with E-state index in [4.69, 9.17) is 39.5 Å². The number of likely N-dealkylation sites (tertiary alicyclic amines) is 1. The van der Waals surface area contributed by atoms with Gasteiger partial charge in [0.1, 0.15) is 11.9 Å². The number of amides is 1. The normalized spacial score (nSPS) is 16.7. The molecule has 1 atom stereocenters. The largest absolute Gasteiger partial charge is 0.490 e. The van der Waals surface area contributed by atoms with E-state index in [1.54, 1.807) is 18.2 Å². The molecule has 1 amide bonds. The molecule has 152 valence electrons. The Morgan fingerprint density at radius 3 is 2.68 bits per heavy atom. The molecule has 0 radical (unpaired) electrons. The second-order valence-electron chi connectivity index (χ2n) is 6.64. The fourth-order valence-electron chi connectivity index (χ4n) is 3.04. The number of rotatable bonds is 7. The fraction of sp³-hybridized carbons (Fsp3) is 0.444. The van der Waals surface area contributed by atoms with Gasteiger partial charge in [-0.15, -0.1) is 0 Å². The number of carbonyl (C=O) groups is 1. The summed E-state index contributed by atoms with van der Waals surface area (Å²) in [5.74, 6) is 0.284. The molecule has 0 aliphatic carbocycles. The highest BCUT2D eigenvalue weighted by atomic mass is 35.5. The van der Waals surface area contributed by atoms with Gasteiger partial charge in [-0.1, -0.05) is 34.8 Å². The van der Waals surface area contributed by atoms with Crippen LogP contribution in [-0.2, 0) is 0 Å². The monoisotopic (exact) mass is 446 g/mol. The van der Waals surface area contributed by atoms with Crippen molar-refractivity contribution < 1.29 is 14.6 Å². The molecule has 2 heterocycles. The van der Waals surface area contributed by atoms with Crippen molar-refractivity contribution in [2.75, 3.05) is 26.2 Å². The molecule has 1 aliphatic rings. The summed E-state index contributed by atoms with van der Waals surface area (Å²) >= 11 is 17.8. The number of aromatic nitrogens is 2. The van der Waals surface area contributed by atoms with Gasteiger partial charge in [-0.2, -0.15) is 5.10 Å². The molecule has 0 saturated carbocycles. The number of aliphatic hydroxyl groups is 1. The third kappa shape index (κ3) is 5.75. The maximum absolute atomic E-state index is 11.9. The zero-order valence-corrected chi connectivity index (χ0v) is 17.3. The number of piperidine rings is 1. The summed E-state index contributed by atoms with van der Waals surface area (Å²) in [5.41, 5.74) is 0.120. The van der Waals surface area contributed by atoms with Gasteiger partial charge < -0.3 is 20.1 Å². The van der Waals surface area contributed by atoms with Crippen LogP contribution in [0.15, 0.2) is 24.4 Å². The van der Waals surface area contributed by atoms with E-state index in [-0.39, 0.29) is 23.4 Å². The van der Waals surface area contributed by atoms with E-state index in [0.29, 0.717) is 22.3 Å². The lowest BCUT2D eigenvalue weighted by Crippen LogP contribution is -2.45. The number of ether oxygens (including phenoxy) is 1. The second-order valence-corrected chi connectivity index (χ2v) is 7.86. The molecule has 1 saturated heterocycles. The predicted octanol–water partition coefficient (Wildman–Crippen LogP) is 3.00. The fourth-order valence-corrected chi connectivity index (χ4v) is 3.51. The summed E-state index contributed by atoms with van der Waals surface area (Å²) in [4.78, 5) is 14.1. The standard InChI is InChI=1S/C18H21Cl3N4O3/c19-14-2-1-13(7-15(14)20)28-12-3-5-25(6-4-12)10-11(26)8-22-18(27)17-16(21)9-23-24-17/h1-2,7,9,11-12,26H,3-6,8,10H2,(H,22,27)(H,23,24)/t11-/m1/s1. The highest BCUT2D eigenvalue weighted by molar-refractivity contribution is 6.42. The van der Waals surface area contributed by atoms with E-state index < -0.39 is 12.0 Å². The number of β-amino-alcohol motifs (C(OH)–C–C–N with tert-alkyl or cyclic N) is 1. The quantitative estimate of drug-likeness (QED) is 0.607. The summed E-state index contributed by atoms with van der Waals surface area (Å²) in [7, 11) is 0. The zero-order chi connectivity index (χ0) is 20.1. The Kier molecular flexibility index (Phi) is 7.42. The van der Waals surface area contributed by atoms with Crippen LogP contribution >= 0.6 is 34.8 Å². The van der Waals surface area contributed by atoms with Crippen molar-refractivity contribution in [3.05, 3.63) is 45.2 Å². The van der Waals surface area contributed by atoms with Crippen LogP contribution < -0.4 is 10.1 Å². The SMILES string of the molecule is O=C(NC[C@@H](O)CN1CCC(Oc2ccc(Cl)c(Cl)c2)CC1)c1n[nH]cc1Cl. The molecule has 10 heteroatoms. The number of carbonyl (C=O) groups excluding carboxylic acids is 1. The first kappa shape index (κ1) is 21.2. The van der Waals surface area contributed by atoms with E-state index in [9.17, 15) is 9.90 Å². The van der Waals surface area contributed by atoms with Crippen LogP contribution in [0.2, 0.25) is 15.1 Å². The first-order valence-electron chi connectivity index (χ1n) is 8.92. The van der Waals surface area contributed by atoms with Crippen LogP contribution in [0, 0.1) is 0 Å². The van der Waals surface area contributed by atoms with Gasteiger partial charge in [0.05, 0.1) is 21.2 Å². The average molecular weight is 448 g/mol. The number of halogens is 3. The van der Waals surface area contributed by atoms with Crippen LogP contribution in [0.3, 0.4) is 0 Å². The molecular formula is C18H21Cl3N4O3. The Hall–Kier alpha value is -1.51. The van der Waals surface area contributed by atoms with Gasteiger partial charge in [0.15, 0.2) is 5.69 Å². The average Bonchev–Trinajstić information content (AvgIpc) is 3.10. The van der Waals surface area contributed by atoms with Gasteiger partial charge in [0, 0.05) is 38.4 Å². The van der Waals surface area contributed by atoms with Crippen molar-refractivity contribution in [3.8, 4) is 5.75 Å². The minimum absolute atomic E-state index is 0.0899. The highest BCUT2D eigenvalue weighted by Crippen LogP contribution is 2.28. The highest BCUT2D eigenvalue weighted by Gasteiger charge is 2.23. The third-order valence-corrected chi connectivity index (χ3v) is 5.53. The van der Waals surface area contributed by atoms with E-state index in [0.717, 1.165) is 25.9 Å². The van der Waals surface area contributed by atoms with Crippen molar-refractivity contribution in [2.45, 2.75) is 25.0 Å². The lowest BCUT2D eigenvalue weighted by Gasteiger charge is -2.33. The predicted molar refractivity (Wildman–Crippen MR) is 108 cm³/mol. The number of hydrogen-bond acceptors (Lipinski definition) is 5. The van der Waals surface area contributed by atoms with Crippen LogP contribution in [0.4, 0.5) is 0 Å². The van der Waals surface area contributed by atoms with Gasteiger partial charge in [-0.05, 0) is 25.0 Å². The molecule has 0 unspecified atom stereocenters. The Morgan fingerprint density at radius 2 is 2.04 bits per heavy atom. The maximum atomic E-state index is 11.9. The van der Waals surface area contributed by atoms with E-state index in [2.05, 4.69) is 20.4 Å². The number of hydrogen-bond donors (Lipinski definition) is 3. The molecule has 1 aromatic heterocycles. The van der Waals surface area contributed by atoms with Crippen LogP contribution in [0.25, 0.3) is 0 Å². The smallest absolute Gasteiger partial charge is 0.273 e. The topological polar surface area (TPSA) is 90.5 Å². The molecule has 1 aromatic carbocycles. The van der Waals surface area contributed by atoms with Gasteiger partial charge in [0.2, 0.25) is 0 Å². The summed E-state index contributed by atoms with van der Waals surface area (Å²) in [5, 5.41) is 20.3. The number of aliphatic hydroxyl groups excluding tert-OH is 1. The van der Waals surface area contributed by atoms with E-state index in [1.807, 2.05) is 0 Å². The Morgan fingerprint density at radius 1 is 1.29 bits per heavy atom. The lowest BCUT2D eigenvalue weighted by atomic mass is 10.1. The molecule has 3 rings (SSSR count). The molecule has 0 bridgehead atoms. The van der Waals surface area contributed by atoms with Gasteiger partial charge in [-0.25, -0.2) is 0 Å². The van der Waals surface area contributed by atoms with Gasteiger partial charge >= 0.3 is 0 Å². The second kappa shape index (κ2) is 9.80. The molecular weight excluding hydrogens is 427 g/mol. The summed E-state index contributed by atoms with van der Waals surface area (Å²) in [6.07, 6.45) is 2.50. The van der Waals surface area contributed by atoms with Crippen LogP contribution in [0.5, 0.6) is 5.75 Å². The summed E-state index contributed by atoms with van der Waals surface area (Å²) in [6, 6.07) is 5.24. The number of H-pyrrole nitrogens is 1. The number of nitrogens with zero attached hydrogens (tertiary/aromatic N) is 2. The molecule has 3 N–H and O–H groups in total. The van der Waals surface area contributed by atoms with Crippen molar-refractivity contribution in [1.29, 1.82) is 0 Å². The van der Waals surface area contributed by atoms with Gasteiger partial charge in [0.25, 0.3) is 5.91 Å². The summed E-state index contributed by atoms with van der Waals surface area (Å²) in [6.45, 7) is 2.18. The minimum atomic E-state index is -0.686. The van der Waals surface area contributed by atoms with Crippen LogP contribution in [-0.4, -0.2) is 64.5 Å². The first-order chi connectivity index (χ1) is 13.4. The van der Waals surface area contributed by atoms with E-state index in [1.165, 1.54) is 6.20 Å². The minimum Gasteiger partial charge on any atom is -0.490 e. The molecule has 1 fully saturated rings.